The van der Waals surface area contributed by atoms with Gasteiger partial charge >= 0.3 is 5.97 Å². The molecule has 2 N–H and O–H groups in total. The molecule has 0 spiro atoms. The van der Waals surface area contributed by atoms with Crippen LogP contribution in [0.1, 0.15) is 12.5 Å². The standard InChI is InChI=1S/C10H11BrClNO2/c1-6(10(14)15)13-5-7-2-3-8(11)4-9(7)12/h2-4,6,13H,5H2,1H3,(H,14,15)/t6-/m0/s1. The minimum atomic E-state index is -0.872. The molecule has 5 heteroatoms. The molecule has 0 aliphatic heterocycles. The zero-order chi connectivity index (χ0) is 11.4. The van der Waals surface area contributed by atoms with Gasteiger partial charge in [-0.05, 0) is 24.6 Å². The van der Waals surface area contributed by atoms with E-state index >= 15 is 0 Å². The Morgan fingerprint density at radius 1 is 1.67 bits per heavy atom. The Kier molecular flexibility index (Phi) is 4.57. The van der Waals surface area contributed by atoms with Crippen LogP contribution < -0.4 is 5.32 Å². The van der Waals surface area contributed by atoms with E-state index in [1.54, 1.807) is 13.0 Å². The number of aliphatic carboxylic acids is 1. The molecule has 1 aromatic carbocycles. The third-order valence-electron chi connectivity index (χ3n) is 1.98. The molecule has 1 atom stereocenters. The fourth-order valence-corrected chi connectivity index (χ4v) is 1.76. The van der Waals surface area contributed by atoms with Crippen molar-refractivity contribution in [1.29, 1.82) is 0 Å². The molecule has 1 rings (SSSR count). The van der Waals surface area contributed by atoms with E-state index in [9.17, 15) is 4.79 Å². The maximum atomic E-state index is 10.6. The summed E-state index contributed by atoms with van der Waals surface area (Å²) in [5.41, 5.74) is 0.882. The van der Waals surface area contributed by atoms with E-state index in [1.165, 1.54) is 0 Å². The van der Waals surface area contributed by atoms with Gasteiger partial charge in [0, 0.05) is 16.0 Å². The van der Waals surface area contributed by atoms with Gasteiger partial charge in [-0.2, -0.15) is 0 Å². The van der Waals surface area contributed by atoms with Gasteiger partial charge in [0.2, 0.25) is 0 Å². The fraction of sp³-hybridized carbons (Fsp3) is 0.300. The van der Waals surface area contributed by atoms with E-state index in [0.717, 1.165) is 10.0 Å². The van der Waals surface area contributed by atoms with Crippen molar-refractivity contribution in [1.82, 2.24) is 5.32 Å². The molecule has 0 aromatic heterocycles. The van der Waals surface area contributed by atoms with Crippen molar-refractivity contribution >= 4 is 33.5 Å². The van der Waals surface area contributed by atoms with Crippen molar-refractivity contribution in [2.24, 2.45) is 0 Å². The average molecular weight is 293 g/mol. The largest absolute Gasteiger partial charge is 0.480 e. The summed E-state index contributed by atoms with van der Waals surface area (Å²) < 4.78 is 0.905. The second-order valence-corrected chi connectivity index (χ2v) is 4.50. The zero-order valence-electron chi connectivity index (χ0n) is 8.13. The molecule has 82 valence electrons. The van der Waals surface area contributed by atoms with Gasteiger partial charge in [0.15, 0.2) is 0 Å². The summed E-state index contributed by atoms with van der Waals surface area (Å²) in [7, 11) is 0. The van der Waals surface area contributed by atoms with Crippen LogP contribution >= 0.6 is 27.5 Å². The molecule has 0 radical (unpaired) electrons. The Morgan fingerprint density at radius 2 is 2.33 bits per heavy atom. The van der Waals surface area contributed by atoms with E-state index in [-0.39, 0.29) is 0 Å². The number of halogens is 2. The summed E-state index contributed by atoms with van der Waals surface area (Å²) in [5.74, 6) is -0.872. The summed E-state index contributed by atoms with van der Waals surface area (Å²) in [4.78, 5) is 10.6. The Hall–Kier alpha value is -0.580. The number of carbonyl (C=O) groups is 1. The second-order valence-electron chi connectivity index (χ2n) is 3.18. The second kappa shape index (κ2) is 5.49. The van der Waals surface area contributed by atoms with Gasteiger partial charge in [-0.25, -0.2) is 0 Å². The number of benzene rings is 1. The minimum absolute atomic E-state index is 0.444. The predicted molar refractivity (Wildman–Crippen MR) is 63.1 cm³/mol. The van der Waals surface area contributed by atoms with E-state index in [0.29, 0.717) is 11.6 Å². The molecule has 1 aromatic rings. The van der Waals surface area contributed by atoms with Crippen molar-refractivity contribution in [3.8, 4) is 0 Å². The third-order valence-corrected chi connectivity index (χ3v) is 2.83. The number of hydrogen-bond acceptors (Lipinski definition) is 2. The minimum Gasteiger partial charge on any atom is -0.480 e. The molecular weight excluding hydrogens is 281 g/mol. The lowest BCUT2D eigenvalue weighted by atomic mass is 10.2. The number of nitrogens with one attached hydrogen (secondary N) is 1. The topological polar surface area (TPSA) is 49.3 Å². The monoisotopic (exact) mass is 291 g/mol. The molecule has 0 saturated carbocycles. The van der Waals surface area contributed by atoms with Crippen LogP contribution in [-0.4, -0.2) is 17.1 Å². The van der Waals surface area contributed by atoms with Gasteiger partial charge in [0.1, 0.15) is 6.04 Å². The highest BCUT2D eigenvalue weighted by Gasteiger charge is 2.10. The van der Waals surface area contributed by atoms with Crippen LogP contribution in [0.5, 0.6) is 0 Å². The molecule has 0 saturated heterocycles. The highest BCUT2D eigenvalue weighted by Crippen LogP contribution is 2.21. The van der Waals surface area contributed by atoms with Crippen LogP contribution in [0.2, 0.25) is 5.02 Å². The number of hydrogen-bond donors (Lipinski definition) is 2. The van der Waals surface area contributed by atoms with Gasteiger partial charge < -0.3 is 10.4 Å². The first-order valence-electron chi connectivity index (χ1n) is 4.41. The van der Waals surface area contributed by atoms with Crippen LogP contribution in [0, 0.1) is 0 Å². The first kappa shape index (κ1) is 12.5. The molecule has 0 aliphatic rings. The SMILES string of the molecule is C[C@H](NCc1ccc(Br)cc1Cl)C(=O)O. The summed E-state index contributed by atoms with van der Waals surface area (Å²) in [5, 5.41) is 12.1. The maximum absolute atomic E-state index is 10.6. The predicted octanol–water partition coefficient (Wildman–Crippen LogP) is 2.67. The lowest BCUT2D eigenvalue weighted by Gasteiger charge is -2.10. The van der Waals surface area contributed by atoms with E-state index in [4.69, 9.17) is 16.7 Å². The number of carboxylic acid groups (broad SMARTS) is 1. The van der Waals surface area contributed by atoms with E-state index in [2.05, 4.69) is 21.2 Å². The van der Waals surface area contributed by atoms with Crippen LogP contribution in [-0.2, 0) is 11.3 Å². The molecule has 0 amide bonds. The summed E-state index contributed by atoms with van der Waals surface area (Å²) >= 11 is 9.28. The van der Waals surface area contributed by atoms with Crippen molar-refractivity contribution in [3.63, 3.8) is 0 Å². The van der Waals surface area contributed by atoms with Crippen LogP contribution in [0.15, 0.2) is 22.7 Å². The van der Waals surface area contributed by atoms with Gasteiger partial charge in [-0.15, -0.1) is 0 Å². The zero-order valence-corrected chi connectivity index (χ0v) is 10.5. The first-order chi connectivity index (χ1) is 7.00. The molecule has 3 nitrogen and oxygen atoms in total. The molecule has 0 fully saturated rings. The van der Waals surface area contributed by atoms with E-state index < -0.39 is 12.0 Å². The van der Waals surface area contributed by atoms with Gasteiger partial charge in [-0.1, -0.05) is 33.6 Å². The lowest BCUT2D eigenvalue weighted by molar-refractivity contribution is -0.139. The highest BCUT2D eigenvalue weighted by molar-refractivity contribution is 9.10. The van der Waals surface area contributed by atoms with Crippen molar-refractivity contribution in [3.05, 3.63) is 33.3 Å². The van der Waals surface area contributed by atoms with Gasteiger partial charge in [0.25, 0.3) is 0 Å². The molecule has 0 heterocycles. The fourth-order valence-electron chi connectivity index (χ4n) is 1.02. The smallest absolute Gasteiger partial charge is 0.320 e. The molecule has 0 aliphatic carbocycles. The van der Waals surface area contributed by atoms with Crippen LogP contribution in [0.3, 0.4) is 0 Å². The van der Waals surface area contributed by atoms with Crippen molar-refractivity contribution in [2.75, 3.05) is 0 Å². The Bertz CT molecular complexity index is 370. The van der Waals surface area contributed by atoms with Crippen LogP contribution in [0.25, 0.3) is 0 Å². The normalized spacial score (nSPS) is 12.5. The maximum Gasteiger partial charge on any atom is 0.320 e. The molecular formula is C10H11BrClNO2. The molecule has 15 heavy (non-hydrogen) atoms. The molecule has 0 unspecified atom stereocenters. The third kappa shape index (κ3) is 3.81. The van der Waals surface area contributed by atoms with E-state index in [1.807, 2.05) is 12.1 Å². The number of carboxylic acids is 1. The van der Waals surface area contributed by atoms with Gasteiger partial charge in [0.05, 0.1) is 0 Å². The Morgan fingerprint density at radius 3 is 2.87 bits per heavy atom. The van der Waals surface area contributed by atoms with Crippen molar-refractivity contribution in [2.45, 2.75) is 19.5 Å². The molecule has 0 bridgehead atoms. The quantitative estimate of drug-likeness (QED) is 0.897. The Balaban J connectivity index is 2.62. The summed E-state index contributed by atoms with van der Waals surface area (Å²) in [6.45, 7) is 2.04. The Labute approximate surface area is 102 Å². The van der Waals surface area contributed by atoms with Crippen molar-refractivity contribution < 1.29 is 9.90 Å². The first-order valence-corrected chi connectivity index (χ1v) is 5.58. The summed E-state index contributed by atoms with van der Waals surface area (Å²) in [6, 6.07) is 4.93. The average Bonchev–Trinajstić information content (AvgIpc) is 2.15. The summed E-state index contributed by atoms with van der Waals surface area (Å²) in [6.07, 6.45) is 0. The number of rotatable bonds is 4. The van der Waals surface area contributed by atoms with Gasteiger partial charge in [-0.3, -0.25) is 4.79 Å². The van der Waals surface area contributed by atoms with Crippen LogP contribution in [0.4, 0.5) is 0 Å². The highest BCUT2D eigenvalue weighted by atomic mass is 79.9. The lowest BCUT2D eigenvalue weighted by Crippen LogP contribution is -2.33.